The minimum atomic E-state index is -3.58. The molecular weight excluding hydrogens is 350 g/mol. The predicted molar refractivity (Wildman–Crippen MR) is 102 cm³/mol. The van der Waals surface area contributed by atoms with E-state index in [4.69, 9.17) is 0 Å². The summed E-state index contributed by atoms with van der Waals surface area (Å²) in [6.07, 6.45) is 3.75. The first-order valence-corrected chi connectivity index (χ1v) is 10.9. The highest BCUT2D eigenvalue weighted by atomic mass is 32.2. The van der Waals surface area contributed by atoms with E-state index in [1.807, 2.05) is 13.8 Å². The fraction of sp³-hybridized carbons (Fsp3) is 0.632. The number of sulfonamides is 1. The molecular formula is C19H29N3O3S. The van der Waals surface area contributed by atoms with E-state index in [1.165, 1.54) is 0 Å². The van der Waals surface area contributed by atoms with Gasteiger partial charge in [-0.25, -0.2) is 8.42 Å². The number of benzene rings is 1. The fourth-order valence-electron chi connectivity index (χ4n) is 3.88. The van der Waals surface area contributed by atoms with E-state index in [1.54, 1.807) is 34.5 Å². The van der Waals surface area contributed by atoms with E-state index >= 15 is 0 Å². The van der Waals surface area contributed by atoms with Crippen LogP contribution in [0.2, 0.25) is 0 Å². The molecule has 3 rings (SSSR count). The van der Waals surface area contributed by atoms with Gasteiger partial charge >= 0.3 is 0 Å². The summed E-state index contributed by atoms with van der Waals surface area (Å²) >= 11 is 0. The lowest BCUT2D eigenvalue weighted by Crippen LogP contribution is -2.42. The van der Waals surface area contributed by atoms with Gasteiger partial charge in [-0.1, -0.05) is 12.5 Å². The van der Waals surface area contributed by atoms with Gasteiger partial charge in [0.15, 0.2) is 0 Å². The Morgan fingerprint density at radius 1 is 1.27 bits per heavy atom. The quantitative estimate of drug-likeness (QED) is 0.869. The minimum Gasteiger partial charge on any atom is -0.337 e. The zero-order chi connectivity index (χ0) is 18.9. The van der Waals surface area contributed by atoms with Crippen molar-refractivity contribution in [2.75, 3.05) is 26.7 Å². The Hall–Kier alpha value is -1.44. The molecule has 0 saturated carbocycles. The monoisotopic (exact) mass is 379 g/mol. The lowest BCUT2D eigenvalue weighted by molar-refractivity contribution is 0.0743. The third-order valence-electron chi connectivity index (χ3n) is 5.69. The normalized spacial score (nSPS) is 24.6. The second-order valence-corrected chi connectivity index (χ2v) is 9.39. The first-order valence-electron chi connectivity index (χ1n) is 9.42. The van der Waals surface area contributed by atoms with E-state index < -0.39 is 10.0 Å². The molecule has 2 fully saturated rings. The van der Waals surface area contributed by atoms with Crippen LogP contribution in [0.5, 0.6) is 0 Å². The topological polar surface area (TPSA) is 69.7 Å². The van der Waals surface area contributed by atoms with Crippen molar-refractivity contribution in [3.63, 3.8) is 0 Å². The smallest absolute Gasteiger partial charge is 0.254 e. The summed E-state index contributed by atoms with van der Waals surface area (Å²) in [5.74, 6) is -0.111. The summed E-state index contributed by atoms with van der Waals surface area (Å²) in [6.45, 7) is 6.05. The molecule has 2 unspecified atom stereocenters. The van der Waals surface area contributed by atoms with Crippen LogP contribution in [0, 0.1) is 6.92 Å². The number of carbonyl (C=O) groups excluding carboxylic acids is 1. The largest absolute Gasteiger partial charge is 0.337 e. The minimum absolute atomic E-state index is 0.00133. The van der Waals surface area contributed by atoms with Crippen LogP contribution in [0.4, 0.5) is 0 Å². The van der Waals surface area contributed by atoms with Gasteiger partial charge in [0.05, 0.1) is 4.90 Å². The number of likely N-dealkylation sites (N-methyl/N-ethyl adjacent to an activating group) is 1. The Morgan fingerprint density at radius 3 is 2.69 bits per heavy atom. The SMILES string of the molecule is Cc1ccc(S(=O)(=O)N2CCCCC2C)cc1C(=O)N(C)C1CCNC1. The summed E-state index contributed by atoms with van der Waals surface area (Å²) in [6, 6.07) is 5.09. The van der Waals surface area contributed by atoms with Crippen molar-refractivity contribution in [3.8, 4) is 0 Å². The van der Waals surface area contributed by atoms with Crippen molar-refractivity contribution in [3.05, 3.63) is 29.3 Å². The Bertz CT molecular complexity index is 772. The third-order valence-corrected chi connectivity index (χ3v) is 7.70. The third kappa shape index (κ3) is 3.66. The maximum Gasteiger partial charge on any atom is 0.254 e. The lowest BCUT2D eigenvalue weighted by Gasteiger charge is -2.32. The Kier molecular flexibility index (Phi) is 5.69. The highest BCUT2D eigenvalue weighted by Gasteiger charge is 2.32. The van der Waals surface area contributed by atoms with Gasteiger partial charge in [0.2, 0.25) is 10.0 Å². The molecule has 2 saturated heterocycles. The van der Waals surface area contributed by atoms with Crippen LogP contribution < -0.4 is 5.32 Å². The van der Waals surface area contributed by atoms with Gasteiger partial charge in [-0.15, -0.1) is 0 Å². The molecule has 0 bridgehead atoms. The number of nitrogens with one attached hydrogen (secondary N) is 1. The predicted octanol–water partition coefficient (Wildman–Crippen LogP) is 1.99. The van der Waals surface area contributed by atoms with Crippen molar-refractivity contribution in [2.24, 2.45) is 0 Å². The van der Waals surface area contributed by atoms with Crippen LogP contribution in [0.15, 0.2) is 23.1 Å². The van der Waals surface area contributed by atoms with E-state index in [-0.39, 0.29) is 22.9 Å². The van der Waals surface area contributed by atoms with Crippen LogP contribution in [0.3, 0.4) is 0 Å². The number of rotatable bonds is 4. The van der Waals surface area contributed by atoms with Gasteiger partial charge < -0.3 is 10.2 Å². The Balaban J connectivity index is 1.90. The van der Waals surface area contributed by atoms with Crippen molar-refractivity contribution >= 4 is 15.9 Å². The first kappa shape index (κ1) is 19.3. The molecule has 7 heteroatoms. The molecule has 26 heavy (non-hydrogen) atoms. The van der Waals surface area contributed by atoms with Gasteiger partial charge in [0.25, 0.3) is 5.91 Å². The van der Waals surface area contributed by atoms with Crippen LogP contribution >= 0.6 is 0 Å². The fourth-order valence-corrected chi connectivity index (χ4v) is 5.61. The second kappa shape index (κ2) is 7.66. The average Bonchev–Trinajstić information content (AvgIpc) is 3.15. The van der Waals surface area contributed by atoms with Crippen molar-refractivity contribution in [1.82, 2.24) is 14.5 Å². The number of amides is 1. The molecule has 144 valence electrons. The highest BCUT2D eigenvalue weighted by Crippen LogP contribution is 2.27. The van der Waals surface area contributed by atoms with Gasteiger partial charge in [0.1, 0.15) is 0 Å². The van der Waals surface area contributed by atoms with E-state index in [0.29, 0.717) is 12.1 Å². The van der Waals surface area contributed by atoms with E-state index in [2.05, 4.69) is 5.32 Å². The number of hydrogen-bond donors (Lipinski definition) is 1. The van der Waals surface area contributed by atoms with E-state index in [9.17, 15) is 13.2 Å². The molecule has 0 radical (unpaired) electrons. The van der Waals surface area contributed by atoms with Crippen LogP contribution in [-0.4, -0.2) is 62.3 Å². The summed E-state index contributed by atoms with van der Waals surface area (Å²) in [7, 11) is -1.78. The van der Waals surface area contributed by atoms with E-state index in [0.717, 1.165) is 44.3 Å². The van der Waals surface area contributed by atoms with Gasteiger partial charge in [0, 0.05) is 37.8 Å². The molecule has 1 aromatic rings. The number of piperidine rings is 1. The maximum atomic E-state index is 13.1. The van der Waals surface area contributed by atoms with Gasteiger partial charge in [-0.05, 0) is 57.4 Å². The average molecular weight is 380 g/mol. The molecule has 1 amide bonds. The van der Waals surface area contributed by atoms with Gasteiger partial charge in [-0.3, -0.25) is 4.79 Å². The number of hydrogen-bond acceptors (Lipinski definition) is 4. The Labute approximate surface area is 156 Å². The number of aryl methyl sites for hydroxylation is 1. The molecule has 2 heterocycles. The van der Waals surface area contributed by atoms with Crippen molar-refractivity contribution in [1.29, 1.82) is 0 Å². The van der Waals surface area contributed by atoms with Crippen LogP contribution in [0.1, 0.15) is 48.5 Å². The summed E-state index contributed by atoms with van der Waals surface area (Å²) in [4.78, 5) is 14.9. The molecule has 2 aliphatic rings. The summed E-state index contributed by atoms with van der Waals surface area (Å²) in [5, 5.41) is 3.26. The maximum absolute atomic E-state index is 13.1. The Morgan fingerprint density at radius 2 is 2.04 bits per heavy atom. The second-order valence-electron chi connectivity index (χ2n) is 7.50. The number of nitrogens with zero attached hydrogens (tertiary/aromatic N) is 2. The molecule has 0 aliphatic carbocycles. The standard InChI is InChI=1S/C19H29N3O3S/c1-14-7-8-17(26(24,25)22-11-5-4-6-15(22)2)12-18(14)19(23)21(3)16-9-10-20-13-16/h7-8,12,15-16,20H,4-6,9-11,13H2,1-3H3. The molecule has 6 nitrogen and oxygen atoms in total. The molecule has 2 aliphatic heterocycles. The zero-order valence-electron chi connectivity index (χ0n) is 15.9. The molecule has 2 atom stereocenters. The van der Waals surface area contributed by atoms with Crippen molar-refractivity contribution in [2.45, 2.75) is 56.5 Å². The van der Waals surface area contributed by atoms with Gasteiger partial charge in [-0.2, -0.15) is 4.31 Å². The van der Waals surface area contributed by atoms with Crippen LogP contribution in [0.25, 0.3) is 0 Å². The van der Waals surface area contributed by atoms with Crippen LogP contribution in [-0.2, 0) is 10.0 Å². The number of carbonyl (C=O) groups is 1. The summed E-state index contributed by atoms with van der Waals surface area (Å²) < 4.78 is 27.8. The molecule has 0 spiro atoms. The molecule has 1 N–H and O–H groups in total. The zero-order valence-corrected chi connectivity index (χ0v) is 16.7. The molecule has 0 aromatic heterocycles. The first-order chi connectivity index (χ1) is 12.3. The molecule has 1 aromatic carbocycles. The lowest BCUT2D eigenvalue weighted by atomic mass is 10.1. The van der Waals surface area contributed by atoms with Crippen molar-refractivity contribution < 1.29 is 13.2 Å². The summed E-state index contributed by atoms with van der Waals surface area (Å²) in [5.41, 5.74) is 1.28. The highest BCUT2D eigenvalue weighted by molar-refractivity contribution is 7.89.